The van der Waals surface area contributed by atoms with Gasteiger partial charge in [0.25, 0.3) is 0 Å². The van der Waals surface area contributed by atoms with Gasteiger partial charge in [0, 0.05) is 13.1 Å². The molecule has 4 saturated heterocycles. The molecule has 0 radical (unpaired) electrons. The standard InChI is InChI=1S/C16H20N2O6/c19-11(17-5-1-2-8(6-17)16(22)23)7-18-14(20)12-9-3-4-10(24-9)13(12)15(18)21/h8-10,12-13H,1-7H2,(H,22,23). The molecule has 24 heavy (non-hydrogen) atoms. The summed E-state index contributed by atoms with van der Waals surface area (Å²) in [5.74, 6) is -3.32. The molecule has 0 aromatic rings. The smallest absolute Gasteiger partial charge is 0.308 e. The fraction of sp³-hybridized carbons (Fsp3) is 0.750. The zero-order valence-corrected chi connectivity index (χ0v) is 13.2. The summed E-state index contributed by atoms with van der Waals surface area (Å²) in [6, 6.07) is 0. The molecule has 8 heteroatoms. The number of nitrogens with zero attached hydrogens (tertiary/aromatic N) is 2. The summed E-state index contributed by atoms with van der Waals surface area (Å²) < 4.78 is 5.66. The minimum absolute atomic E-state index is 0.144. The van der Waals surface area contributed by atoms with Gasteiger partial charge in [-0.15, -0.1) is 0 Å². The van der Waals surface area contributed by atoms with E-state index in [9.17, 15) is 19.2 Å². The van der Waals surface area contributed by atoms with Crippen molar-refractivity contribution in [3.8, 4) is 0 Å². The van der Waals surface area contributed by atoms with Crippen LogP contribution in [0.2, 0.25) is 0 Å². The first-order valence-electron chi connectivity index (χ1n) is 8.48. The van der Waals surface area contributed by atoms with Crippen molar-refractivity contribution in [2.45, 2.75) is 37.9 Å². The van der Waals surface area contributed by atoms with Crippen LogP contribution in [-0.4, -0.2) is 70.4 Å². The number of likely N-dealkylation sites (tertiary alicyclic amines) is 2. The monoisotopic (exact) mass is 336 g/mol. The Bertz CT molecular complexity index is 592. The van der Waals surface area contributed by atoms with Gasteiger partial charge in [-0.1, -0.05) is 0 Å². The van der Waals surface area contributed by atoms with Crippen LogP contribution >= 0.6 is 0 Å². The van der Waals surface area contributed by atoms with Crippen LogP contribution in [0.15, 0.2) is 0 Å². The normalized spacial score (nSPS) is 37.9. The molecule has 4 fully saturated rings. The molecule has 0 aliphatic carbocycles. The van der Waals surface area contributed by atoms with Crippen LogP contribution in [-0.2, 0) is 23.9 Å². The van der Waals surface area contributed by atoms with E-state index >= 15 is 0 Å². The van der Waals surface area contributed by atoms with Crippen LogP contribution in [0, 0.1) is 17.8 Å². The van der Waals surface area contributed by atoms with Gasteiger partial charge in [-0.2, -0.15) is 0 Å². The fourth-order valence-corrected chi connectivity index (χ4v) is 4.57. The van der Waals surface area contributed by atoms with E-state index in [0.29, 0.717) is 19.4 Å². The van der Waals surface area contributed by atoms with E-state index in [1.807, 2.05) is 0 Å². The van der Waals surface area contributed by atoms with E-state index in [1.54, 1.807) is 0 Å². The molecule has 8 nitrogen and oxygen atoms in total. The van der Waals surface area contributed by atoms with E-state index < -0.39 is 23.7 Å². The molecule has 1 N–H and O–H groups in total. The number of amides is 3. The average molecular weight is 336 g/mol. The number of ether oxygens (including phenoxy) is 1. The maximum Gasteiger partial charge on any atom is 0.308 e. The van der Waals surface area contributed by atoms with E-state index in [2.05, 4.69) is 0 Å². The van der Waals surface area contributed by atoms with Gasteiger partial charge in [-0.3, -0.25) is 24.1 Å². The number of carbonyl (C=O) groups is 4. The highest BCUT2D eigenvalue weighted by molar-refractivity contribution is 6.08. The Morgan fingerprint density at radius 3 is 2.29 bits per heavy atom. The lowest BCUT2D eigenvalue weighted by Gasteiger charge is -2.31. The van der Waals surface area contributed by atoms with Crippen molar-refractivity contribution in [2.75, 3.05) is 19.6 Å². The number of imide groups is 1. The Hall–Kier alpha value is -1.96. The van der Waals surface area contributed by atoms with Crippen molar-refractivity contribution >= 4 is 23.7 Å². The quantitative estimate of drug-likeness (QED) is 0.695. The number of carbonyl (C=O) groups excluding carboxylic acids is 3. The fourth-order valence-electron chi connectivity index (χ4n) is 4.57. The lowest BCUT2D eigenvalue weighted by atomic mass is 9.81. The second-order valence-electron chi connectivity index (χ2n) is 7.12. The highest BCUT2D eigenvalue weighted by Crippen LogP contribution is 2.48. The average Bonchev–Trinajstić information content (AvgIpc) is 3.24. The molecule has 130 valence electrons. The van der Waals surface area contributed by atoms with Crippen LogP contribution < -0.4 is 0 Å². The maximum atomic E-state index is 12.5. The summed E-state index contributed by atoms with van der Waals surface area (Å²) in [4.78, 5) is 51.2. The molecule has 4 rings (SSSR count). The number of rotatable bonds is 3. The van der Waals surface area contributed by atoms with Crippen LogP contribution in [0.1, 0.15) is 25.7 Å². The highest BCUT2D eigenvalue weighted by atomic mass is 16.5. The first-order chi connectivity index (χ1) is 11.5. The molecular formula is C16H20N2O6. The van der Waals surface area contributed by atoms with Crippen molar-refractivity contribution < 1.29 is 29.0 Å². The molecule has 5 unspecified atom stereocenters. The van der Waals surface area contributed by atoms with E-state index in [1.165, 1.54) is 4.90 Å². The maximum absolute atomic E-state index is 12.5. The number of piperidine rings is 1. The summed E-state index contributed by atoms with van der Waals surface area (Å²) in [6.07, 6.45) is 2.36. The summed E-state index contributed by atoms with van der Waals surface area (Å²) in [6.45, 7) is 0.335. The predicted octanol–water partition coefficient (Wildman–Crippen LogP) is -0.528. The Kier molecular flexibility index (Phi) is 3.59. The Balaban J connectivity index is 1.44. The van der Waals surface area contributed by atoms with E-state index in [0.717, 1.165) is 17.7 Å². The molecule has 0 aromatic carbocycles. The Morgan fingerprint density at radius 2 is 1.71 bits per heavy atom. The van der Waals surface area contributed by atoms with Gasteiger partial charge in [0.15, 0.2) is 0 Å². The van der Waals surface area contributed by atoms with Crippen molar-refractivity contribution in [3.63, 3.8) is 0 Å². The van der Waals surface area contributed by atoms with Gasteiger partial charge in [-0.25, -0.2) is 0 Å². The lowest BCUT2D eigenvalue weighted by molar-refractivity contribution is -0.151. The van der Waals surface area contributed by atoms with Crippen molar-refractivity contribution in [3.05, 3.63) is 0 Å². The van der Waals surface area contributed by atoms with Crippen molar-refractivity contribution in [1.82, 2.24) is 9.80 Å². The molecule has 0 aromatic heterocycles. The third-order valence-corrected chi connectivity index (χ3v) is 5.79. The minimum atomic E-state index is -0.913. The summed E-state index contributed by atoms with van der Waals surface area (Å²) in [5, 5.41) is 9.11. The topological polar surface area (TPSA) is 104 Å². The summed E-state index contributed by atoms with van der Waals surface area (Å²) in [5.41, 5.74) is 0. The largest absolute Gasteiger partial charge is 0.481 e. The van der Waals surface area contributed by atoms with Gasteiger partial charge in [-0.05, 0) is 25.7 Å². The lowest BCUT2D eigenvalue weighted by Crippen LogP contribution is -2.48. The number of fused-ring (bicyclic) bond motifs is 5. The first kappa shape index (κ1) is 15.6. The zero-order valence-electron chi connectivity index (χ0n) is 13.2. The molecular weight excluding hydrogens is 316 g/mol. The summed E-state index contributed by atoms with van der Waals surface area (Å²) >= 11 is 0. The second-order valence-corrected chi connectivity index (χ2v) is 7.12. The van der Waals surface area contributed by atoms with Gasteiger partial charge in [0.2, 0.25) is 17.7 Å². The van der Waals surface area contributed by atoms with Crippen LogP contribution in [0.25, 0.3) is 0 Å². The minimum Gasteiger partial charge on any atom is -0.481 e. The molecule has 3 amide bonds. The Morgan fingerprint density at radius 1 is 1.08 bits per heavy atom. The molecule has 4 heterocycles. The molecule has 4 aliphatic rings. The van der Waals surface area contributed by atoms with E-state index in [4.69, 9.17) is 9.84 Å². The number of aliphatic carboxylic acids is 1. The number of carboxylic acids is 1. The highest BCUT2D eigenvalue weighted by Gasteiger charge is 2.62. The number of carboxylic acid groups (broad SMARTS) is 1. The number of hydrogen-bond acceptors (Lipinski definition) is 5. The van der Waals surface area contributed by atoms with Crippen LogP contribution in [0.5, 0.6) is 0 Å². The van der Waals surface area contributed by atoms with E-state index in [-0.39, 0.29) is 43.0 Å². The molecule has 4 aliphatic heterocycles. The molecule has 0 saturated carbocycles. The molecule has 2 bridgehead atoms. The third kappa shape index (κ3) is 2.23. The zero-order chi connectivity index (χ0) is 17.0. The van der Waals surface area contributed by atoms with Gasteiger partial charge >= 0.3 is 5.97 Å². The van der Waals surface area contributed by atoms with Crippen LogP contribution in [0.3, 0.4) is 0 Å². The second kappa shape index (κ2) is 5.54. The Labute approximate surface area is 138 Å². The molecule has 5 atom stereocenters. The van der Waals surface area contributed by atoms with Crippen molar-refractivity contribution in [1.29, 1.82) is 0 Å². The van der Waals surface area contributed by atoms with Gasteiger partial charge in [0.05, 0.1) is 30.0 Å². The van der Waals surface area contributed by atoms with Gasteiger partial charge < -0.3 is 14.7 Å². The predicted molar refractivity (Wildman–Crippen MR) is 78.5 cm³/mol. The molecule has 0 spiro atoms. The van der Waals surface area contributed by atoms with Crippen LogP contribution in [0.4, 0.5) is 0 Å². The van der Waals surface area contributed by atoms with Gasteiger partial charge in [0.1, 0.15) is 6.54 Å². The summed E-state index contributed by atoms with van der Waals surface area (Å²) in [7, 11) is 0. The first-order valence-corrected chi connectivity index (χ1v) is 8.48. The number of hydrogen-bond donors (Lipinski definition) is 1. The third-order valence-electron chi connectivity index (χ3n) is 5.79. The SMILES string of the molecule is O=C(O)C1CCCN(C(=O)CN2C(=O)C3C4CCC(O4)C3C2=O)C1. The van der Waals surface area contributed by atoms with Crippen molar-refractivity contribution in [2.24, 2.45) is 17.8 Å².